The molecule has 2 aromatic rings. The van der Waals surface area contributed by atoms with E-state index in [1.54, 1.807) is 6.92 Å². The number of carbonyl (C=O) groups is 3. The van der Waals surface area contributed by atoms with Crippen LogP contribution in [0.4, 0.5) is 5.69 Å². The topological polar surface area (TPSA) is 122 Å². The number of anilines is 1. The van der Waals surface area contributed by atoms with Crippen molar-refractivity contribution in [1.29, 1.82) is 0 Å². The summed E-state index contributed by atoms with van der Waals surface area (Å²) in [4.78, 5) is 41.0. The van der Waals surface area contributed by atoms with Crippen LogP contribution in [0.2, 0.25) is 0 Å². The number of imide groups is 1. The maximum absolute atomic E-state index is 12.3. The fraction of sp³-hybridized carbons (Fsp3) is 0.250. The van der Waals surface area contributed by atoms with Crippen molar-refractivity contribution >= 4 is 34.6 Å². The van der Waals surface area contributed by atoms with Gasteiger partial charge in [0, 0.05) is 13.0 Å². The molecular formula is C16H15N3O6. The first kappa shape index (κ1) is 16.7. The Morgan fingerprint density at radius 3 is 2.84 bits per heavy atom. The molecule has 0 atom stereocenters. The van der Waals surface area contributed by atoms with Crippen molar-refractivity contribution in [2.24, 2.45) is 0 Å². The molecule has 2 N–H and O–H groups in total. The zero-order valence-corrected chi connectivity index (χ0v) is 13.5. The number of amides is 2. The Hall–Kier alpha value is -3.20. The van der Waals surface area contributed by atoms with Crippen molar-refractivity contribution in [2.75, 3.05) is 25.6 Å². The number of aliphatic hydroxyl groups excluding tert-OH is 1. The number of methoxy groups -OCH3 is 1. The molecule has 0 bridgehead atoms. The second-order valence-electron chi connectivity index (χ2n) is 5.30. The Morgan fingerprint density at radius 2 is 2.16 bits per heavy atom. The smallest absolute Gasteiger partial charge is 0.338 e. The molecule has 1 aromatic carbocycles. The highest BCUT2D eigenvalue weighted by atomic mass is 16.5. The van der Waals surface area contributed by atoms with Gasteiger partial charge in [-0.15, -0.1) is 0 Å². The third kappa shape index (κ3) is 2.96. The summed E-state index contributed by atoms with van der Waals surface area (Å²) in [7, 11) is 1.25. The number of benzene rings is 1. The standard InChI is InChI=1S/C16H15N3O6/c1-8-17-10-5-9(16(23)24-2)6-11(14(10)25-8)18-12-7-13(21)19(3-4-20)15(12)22/h5-7,18,20H,3-4H2,1-2H3. The second-order valence-corrected chi connectivity index (χ2v) is 5.30. The van der Waals surface area contributed by atoms with Crippen LogP contribution in [0.25, 0.3) is 11.1 Å². The normalized spacial score (nSPS) is 14.2. The van der Waals surface area contributed by atoms with E-state index < -0.39 is 17.8 Å². The minimum Gasteiger partial charge on any atom is -0.465 e. The first-order valence-electron chi connectivity index (χ1n) is 7.39. The highest BCUT2D eigenvalue weighted by molar-refractivity contribution is 6.18. The minimum absolute atomic E-state index is 0.0100. The van der Waals surface area contributed by atoms with Crippen LogP contribution in [0.1, 0.15) is 16.2 Å². The van der Waals surface area contributed by atoms with Crippen molar-refractivity contribution in [2.45, 2.75) is 6.92 Å². The van der Waals surface area contributed by atoms with E-state index in [0.717, 1.165) is 11.0 Å². The number of nitrogens with zero attached hydrogens (tertiary/aromatic N) is 2. The lowest BCUT2D eigenvalue weighted by atomic mass is 10.1. The summed E-state index contributed by atoms with van der Waals surface area (Å²) in [6, 6.07) is 2.96. The number of hydrogen-bond donors (Lipinski definition) is 2. The monoisotopic (exact) mass is 345 g/mol. The third-order valence-electron chi connectivity index (χ3n) is 3.62. The van der Waals surface area contributed by atoms with E-state index in [4.69, 9.17) is 14.3 Å². The average Bonchev–Trinajstić information content (AvgIpc) is 3.08. The molecule has 9 heteroatoms. The molecule has 25 heavy (non-hydrogen) atoms. The summed E-state index contributed by atoms with van der Waals surface area (Å²) in [6.07, 6.45) is 1.12. The molecule has 0 fully saturated rings. The Morgan fingerprint density at radius 1 is 1.40 bits per heavy atom. The predicted molar refractivity (Wildman–Crippen MR) is 85.6 cm³/mol. The maximum Gasteiger partial charge on any atom is 0.338 e. The SMILES string of the molecule is COC(=O)c1cc(NC2=CC(=O)N(CCO)C2=O)c2oc(C)nc2c1. The van der Waals surface area contributed by atoms with Crippen molar-refractivity contribution < 1.29 is 28.6 Å². The lowest BCUT2D eigenvalue weighted by Gasteiger charge is -2.13. The highest BCUT2D eigenvalue weighted by Gasteiger charge is 2.31. The van der Waals surface area contributed by atoms with Gasteiger partial charge in [0.15, 0.2) is 11.5 Å². The Balaban J connectivity index is 2.01. The number of aromatic nitrogens is 1. The largest absolute Gasteiger partial charge is 0.465 e. The van der Waals surface area contributed by atoms with E-state index in [-0.39, 0.29) is 24.4 Å². The van der Waals surface area contributed by atoms with Gasteiger partial charge in [0.2, 0.25) is 0 Å². The van der Waals surface area contributed by atoms with E-state index in [1.807, 2.05) is 0 Å². The number of rotatable bonds is 5. The molecule has 9 nitrogen and oxygen atoms in total. The number of ether oxygens (including phenoxy) is 1. The first-order valence-corrected chi connectivity index (χ1v) is 7.39. The van der Waals surface area contributed by atoms with Crippen LogP contribution in [0, 0.1) is 6.92 Å². The van der Waals surface area contributed by atoms with Crippen LogP contribution >= 0.6 is 0 Å². The highest BCUT2D eigenvalue weighted by Crippen LogP contribution is 2.29. The molecular weight excluding hydrogens is 330 g/mol. The Bertz CT molecular complexity index is 914. The lowest BCUT2D eigenvalue weighted by molar-refractivity contribution is -0.137. The molecule has 0 spiro atoms. The van der Waals surface area contributed by atoms with Gasteiger partial charge < -0.3 is 19.6 Å². The zero-order valence-electron chi connectivity index (χ0n) is 13.5. The number of β-amino-alcohol motifs (C(OH)–C–C–N with tert-alkyl or cyclic N) is 1. The first-order chi connectivity index (χ1) is 11.9. The number of carbonyl (C=O) groups excluding carboxylic acids is 3. The number of fused-ring (bicyclic) bond motifs is 1. The fourth-order valence-corrected chi connectivity index (χ4v) is 2.53. The maximum atomic E-state index is 12.3. The van der Waals surface area contributed by atoms with Gasteiger partial charge in [-0.05, 0) is 12.1 Å². The van der Waals surface area contributed by atoms with Crippen molar-refractivity contribution in [3.05, 3.63) is 35.4 Å². The quantitative estimate of drug-likeness (QED) is 0.596. The lowest BCUT2D eigenvalue weighted by Crippen LogP contribution is -2.34. The summed E-state index contributed by atoms with van der Waals surface area (Å²) >= 11 is 0. The molecule has 1 aromatic heterocycles. The van der Waals surface area contributed by atoms with Crippen LogP contribution in [0.15, 0.2) is 28.3 Å². The van der Waals surface area contributed by atoms with Gasteiger partial charge in [0.05, 0.1) is 31.5 Å². The van der Waals surface area contributed by atoms with E-state index in [1.165, 1.54) is 19.2 Å². The number of nitrogens with one attached hydrogen (secondary N) is 1. The molecule has 0 radical (unpaired) electrons. The van der Waals surface area contributed by atoms with Crippen molar-refractivity contribution in [3.63, 3.8) is 0 Å². The van der Waals surface area contributed by atoms with Gasteiger partial charge in [-0.3, -0.25) is 14.5 Å². The molecule has 0 unspecified atom stereocenters. The van der Waals surface area contributed by atoms with E-state index in [2.05, 4.69) is 10.3 Å². The fourth-order valence-electron chi connectivity index (χ4n) is 2.53. The van der Waals surface area contributed by atoms with Crippen LogP contribution in [-0.4, -0.2) is 53.0 Å². The summed E-state index contributed by atoms with van der Waals surface area (Å²) in [6.45, 7) is 1.22. The molecule has 3 rings (SSSR count). The summed E-state index contributed by atoms with van der Waals surface area (Å²) in [5.41, 5.74) is 1.28. The molecule has 1 aliphatic heterocycles. The average molecular weight is 345 g/mol. The number of hydrogen-bond acceptors (Lipinski definition) is 8. The number of oxazole rings is 1. The number of aliphatic hydroxyl groups is 1. The van der Waals surface area contributed by atoms with Gasteiger partial charge in [0.25, 0.3) is 11.8 Å². The van der Waals surface area contributed by atoms with Crippen molar-refractivity contribution in [1.82, 2.24) is 9.88 Å². The van der Waals surface area contributed by atoms with Gasteiger partial charge in [-0.2, -0.15) is 0 Å². The molecule has 0 saturated carbocycles. The molecule has 0 aliphatic carbocycles. The van der Waals surface area contributed by atoms with E-state index in [9.17, 15) is 14.4 Å². The van der Waals surface area contributed by atoms with Gasteiger partial charge in [-0.25, -0.2) is 9.78 Å². The minimum atomic E-state index is -0.577. The Kier molecular flexibility index (Phi) is 4.24. The summed E-state index contributed by atoms with van der Waals surface area (Å²) in [5, 5.41) is 11.8. The molecule has 0 saturated heterocycles. The molecule has 130 valence electrons. The van der Waals surface area contributed by atoms with Crippen LogP contribution < -0.4 is 5.32 Å². The van der Waals surface area contributed by atoms with Crippen molar-refractivity contribution in [3.8, 4) is 0 Å². The molecule has 1 aliphatic rings. The number of aryl methyl sites for hydroxylation is 1. The number of esters is 1. The molecule has 2 heterocycles. The second kappa shape index (κ2) is 6.36. The van der Waals surface area contributed by atoms with Gasteiger partial charge in [0.1, 0.15) is 11.2 Å². The summed E-state index contributed by atoms with van der Waals surface area (Å²) in [5.74, 6) is -1.30. The van der Waals surface area contributed by atoms with E-state index in [0.29, 0.717) is 22.7 Å². The third-order valence-corrected chi connectivity index (χ3v) is 3.62. The molecule has 2 amide bonds. The van der Waals surface area contributed by atoms with Crippen LogP contribution in [0.3, 0.4) is 0 Å². The van der Waals surface area contributed by atoms with Crippen LogP contribution in [-0.2, 0) is 14.3 Å². The van der Waals surface area contributed by atoms with Gasteiger partial charge >= 0.3 is 5.97 Å². The predicted octanol–water partition coefficient (Wildman–Crippen LogP) is 0.580. The Labute approximate surface area is 141 Å². The summed E-state index contributed by atoms with van der Waals surface area (Å²) < 4.78 is 10.2. The van der Waals surface area contributed by atoms with E-state index >= 15 is 0 Å². The zero-order chi connectivity index (χ0) is 18.1. The van der Waals surface area contributed by atoms with Gasteiger partial charge in [-0.1, -0.05) is 0 Å². The van der Waals surface area contributed by atoms with Crippen LogP contribution in [0.5, 0.6) is 0 Å².